The highest BCUT2D eigenvalue weighted by Gasteiger charge is 2.34. The fraction of sp³-hybridized carbons (Fsp3) is 0.429. The summed E-state index contributed by atoms with van der Waals surface area (Å²) >= 11 is 1.27. The predicted molar refractivity (Wildman–Crippen MR) is 113 cm³/mol. The molecule has 0 radical (unpaired) electrons. The molecule has 1 aromatic carbocycles. The molecule has 1 aromatic heterocycles. The minimum Gasteiger partial charge on any atom is -0.356 e. The van der Waals surface area contributed by atoms with Crippen LogP contribution >= 0.6 is 11.3 Å². The van der Waals surface area contributed by atoms with E-state index in [2.05, 4.69) is 15.6 Å². The van der Waals surface area contributed by atoms with E-state index in [-0.39, 0.29) is 36.7 Å². The number of anilines is 1. The van der Waals surface area contributed by atoms with Crippen molar-refractivity contribution in [2.24, 2.45) is 0 Å². The first-order valence-corrected chi connectivity index (χ1v) is 10.7. The SMILES string of the molecule is CCCNC(=O)Cc1csc(NC(=O)CN(C(=O)c2ccc(C)cc2)C2CC2)n1. The molecule has 0 spiro atoms. The second-order valence-electron chi connectivity index (χ2n) is 7.25. The van der Waals surface area contributed by atoms with Gasteiger partial charge in [0.2, 0.25) is 11.8 Å². The second kappa shape index (κ2) is 9.65. The summed E-state index contributed by atoms with van der Waals surface area (Å²) in [5, 5.41) is 7.75. The summed E-state index contributed by atoms with van der Waals surface area (Å²) in [4.78, 5) is 43.0. The molecule has 3 rings (SSSR count). The van der Waals surface area contributed by atoms with Gasteiger partial charge in [-0.05, 0) is 38.3 Å². The van der Waals surface area contributed by atoms with Crippen LogP contribution in [-0.4, -0.2) is 46.7 Å². The molecule has 1 fully saturated rings. The van der Waals surface area contributed by atoms with Gasteiger partial charge in [-0.3, -0.25) is 14.4 Å². The molecule has 0 saturated heterocycles. The summed E-state index contributed by atoms with van der Waals surface area (Å²) in [5.74, 6) is -0.498. The van der Waals surface area contributed by atoms with Gasteiger partial charge in [-0.1, -0.05) is 24.6 Å². The van der Waals surface area contributed by atoms with Gasteiger partial charge in [0.05, 0.1) is 12.1 Å². The van der Waals surface area contributed by atoms with Crippen molar-refractivity contribution in [3.8, 4) is 0 Å². The highest BCUT2D eigenvalue weighted by Crippen LogP contribution is 2.28. The lowest BCUT2D eigenvalue weighted by atomic mass is 10.1. The number of carbonyl (C=O) groups excluding carboxylic acids is 3. The quantitative estimate of drug-likeness (QED) is 0.660. The van der Waals surface area contributed by atoms with E-state index in [4.69, 9.17) is 0 Å². The van der Waals surface area contributed by atoms with Crippen LogP contribution in [0.3, 0.4) is 0 Å². The largest absolute Gasteiger partial charge is 0.356 e. The summed E-state index contributed by atoms with van der Waals surface area (Å²) in [6, 6.07) is 7.49. The summed E-state index contributed by atoms with van der Waals surface area (Å²) in [7, 11) is 0. The van der Waals surface area contributed by atoms with Crippen molar-refractivity contribution >= 4 is 34.2 Å². The number of hydrogen-bond acceptors (Lipinski definition) is 5. The molecule has 7 nitrogen and oxygen atoms in total. The molecule has 2 aromatic rings. The Hall–Kier alpha value is -2.74. The molecule has 154 valence electrons. The van der Waals surface area contributed by atoms with E-state index in [0.717, 1.165) is 24.8 Å². The van der Waals surface area contributed by atoms with Crippen LogP contribution in [0.15, 0.2) is 29.6 Å². The lowest BCUT2D eigenvalue weighted by Crippen LogP contribution is -2.39. The first-order valence-electron chi connectivity index (χ1n) is 9.85. The van der Waals surface area contributed by atoms with Crippen LogP contribution in [0.1, 0.15) is 47.8 Å². The third-order valence-corrected chi connectivity index (χ3v) is 5.38. The summed E-state index contributed by atoms with van der Waals surface area (Å²) in [6.45, 7) is 4.59. The Morgan fingerprint density at radius 3 is 2.55 bits per heavy atom. The molecule has 0 bridgehead atoms. The molecule has 1 aliphatic carbocycles. The molecule has 0 aliphatic heterocycles. The van der Waals surface area contributed by atoms with Crippen molar-refractivity contribution in [3.05, 3.63) is 46.5 Å². The van der Waals surface area contributed by atoms with Gasteiger partial charge in [-0.25, -0.2) is 4.98 Å². The van der Waals surface area contributed by atoms with E-state index in [1.807, 2.05) is 26.0 Å². The van der Waals surface area contributed by atoms with Gasteiger partial charge in [-0.15, -0.1) is 11.3 Å². The smallest absolute Gasteiger partial charge is 0.254 e. The van der Waals surface area contributed by atoms with E-state index >= 15 is 0 Å². The number of aromatic nitrogens is 1. The molecular weight excluding hydrogens is 388 g/mol. The highest BCUT2D eigenvalue weighted by atomic mass is 32.1. The number of nitrogens with one attached hydrogen (secondary N) is 2. The van der Waals surface area contributed by atoms with Crippen LogP contribution in [-0.2, 0) is 16.0 Å². The lowest BCUT2D eigenvalue weighted by molar-refractivity contribution is -0.120. The fourth-order valence-electron chi connectivity index (χ4n) is 2.87. The number of thiazole rings is 1. The van der Waals surface area contributed by atoms with Crippen molar-refractivity contribution in [1.29, 1.82) is 0 Å². The minimum atomic E-state index is -0.284. The van der Waals surface area contributed by atoms with Crippen LogP contribution in [0.4, 0.5) is 5.13 Å². The Bertz CT molecular complexity index is 874. The van der Waals surface area contributed by atoms with Crippen molar-refractivity contribution in [3.63, 3.8) is 0 Å². The lowest BCUT2D eigenvalue weighted by Gasteiger charge is -2.21. The number of nitrogens with zero attached hydrogens (tertiary/aromatic N) is 2. The van der Waals surface area contributed by atoms with Gasteiger partial charge in [0, 0.05) is 23.5 Å². The second-order valence-corrected chi connectivity index (χ2v) is 8.11. The number of carbonyl (C=O) groups is 3. The highest BCUT2D eigenvalue weighted by molar-refractivity contribution is 7.13. The predicted octanol–water partition coefficient (Wildman–Crippen LogP) is 2.76. The van der Waals surface area contributed by atoms with Crippen LogP contribution in [0, 0.1) is 6.92 Å². The minimum absolute atomic E-state index is 0.0106. The van der Waals surface area contributed by atoms with Gasteiger partial charge < -0.3 is 15.5 Å². The molecule has 1 heterocycles. The zero-order valence-corrected chi connectivity index (χ0v) is 17.6. The van der Waals surface area contributed by atoms with E-state index in [9.17, 15) is 14.4 Å². The maximum absolute atomic E-state index is 12.8. The Morgan fingerprint density at radius 2 is 1.90 bits per heavy atom. The van der Waals surface area contributed by atoms with Gasteiger partial charge in [-0.2, -0.15) is 0 Å². The zero-order chi connectivity index (χ0) is 20.8. The monoisotopic (exact) mass is 414 g/mol. The molecular formula is C21H26N4O3S. The van der Waals surface area contributed by atoms with E-state index in [0.29, 0.717) is 22.9 Å². The van der Waals surface area contributed by atoms with Crippen LogP contribution < -0.4 is 10.6 Å². The van der Waals surface area contributed by atoms with Crippen molar-refractivity contribution in [1.82, 2.24) is 15.2 Å². The Kier molecular flexibility index (Phi) is 6.98. The molecule has 3 amide bonds. The van der Waals surface area contributed by atoms with Crippen LogP contribution in [0.25, 0.3) is 0 Å². The summed E-state index contributed by atoms with van der Waals surface area (Å²) < 4.78 is 0. The molecule has 1 saturated carbocycles. The van der Waals surface area contributed by atoms with E-state index in [1.54, 1.807) is 22.4 Å². The number of amides is 3. The van der Waals surface area contributed by atoms with Crippen LogP contribution in [0.2, 0.25) is 0 Å². The first kappa shape index (κ1) is 21.0. The number of aryl methyl sites for hydroxylation is 1. The average Bonchev–Trinajstić information content (AvgIpc) is 3.45. The van der Waals surface area contributed by atoms with Gasteiger partial charge in [0.25, 0.3) is 5.91 Å². The molecule has 0 atom stereocenters. The normalized spacial score (nSPS) is 13.0. The first-order chi connectivity index (χ1) is 14.0. The maximum Gasteiger partial charge on any atom is 0.254 e. The molecule has 1 aliphatic rings. The summed E-state index contributed by atoms with van der Waals surface area (Å²) in [5.41, 5.74) is 2.29. The third-order valence-electron chi connectivity index (χ3n) is 4.57. The Labute approximate surface area is 174 Å². The van der Waals surface area contributed by atoms with Gasteiger partial charge in [0.1, 0.15) is 6.54 Å². The number of rotatable bonds is 9. The Balaban J connectivity index is 1.56. The fourth-order valence-corrected chi connectivity index (χ4v) is 3.59. The standard InChI is InChI=1S/C21H26N4O3S/c1-3-10-22-18(26)11-16-13-29-21(23-16)24-19(27)12-25(17-8-9-17)20(28)15-6-4-14(2)5-7-15/h4-7,13,17H,3,8-12H2,1-2H3,(H,22,26)(H,23,24,27). The van der Waals surface area contributed by atoms with Gasteiger partial charge in [0.15, 0.2) is 5.13 Å². The van der Waals surface area contributed by atoms with Gasteiger partial charge >= 0.3 is 0 Å². The average molecular weight is 415 g/mol. The van der Waals surface area contributed by atoms with Crippen molar-refractivity contribution in [2.45, 2.75) is 45.6 Å². The third kappa shape index (κ3) is 6.12. The number of hydrogen-bond donors (Lipinski definition) is 2. The Morgan fingerprint density at radius 1 is 1.17 bits per heavy atom. The van der Waals surface area contributed by atoms with E-state index < -0.39 is 0 Å². The van der Waals surface area contributed by atoms with Crippen molar-refractivity contribution < 1.29 is 14.4 Å². The molecule has 0 unspecified atom stereocenters. The number of benzene rings is 1. The molecule has 29 heavy (non-hydrogen) atoms. The molecule has 8 heteroatoms. The molecule has 2 N–H and O–H groups in total. The summed E-state index contributed by atoms with van der Waals surface area (Å²) in [6.07, 6.45) is 2.90. The van der Waals surface area contributed by atoms with E-state index in [1.165, 1.54) is 11.3 Å². The topological polar surface area (TPSA) is 91.4 Å². The van der Waals surface area contributed by atoms with Crippen LogP contribution in [0.5, 0.6) is 0 Å². The zero-order valence-electron chi connectivity index (χ0n) is 16.7. The maximum atomic E-state index is 12.8. The van der Waals surface area contributed by atoms with Crippen molar-refractivity contribution in [2.75, 3.05) is 18.4 Å².